The standard InChI is InChI=1S/C9H10N4O3S2/c10-4-5(14)13-1-9(8(15)16,2-17-6(4)13)7-12-11-3-18-7/h3-4,6H,1-2,10H2,(H,15,16)/t4?,6-,9?/m1/s1. The van der Waals surface area contributed by atoms with Crippen LogP contribution in [-0.2, 0) is 15.0 Å². The van der Waals surface area contributed by atoms with E-state index >= 15 is 0 Å². The Morgan fingerprint density at radius 2 is 2.44 bits per heavy atom. The maximum absolute atomic E-state index is 11.6. The monoisotopic (exact) mass is 286 g/mol. The number of hydrogen-bond donors (Lipinski definition) is 2. The fourth-order valence-corrected chi connectivity index (χ4v) is 4.53. The van der Waals surface area contributed by atoms with E-state index < -0.39 is 17.4 Å². The minimum Gasteiger partial charge on any atom is -0.480 e. The summed E-state index contributed by atoms with van der Waals surface area (Å²) < 4.78 is 0. The molecule has 0 aliphatic carbocycles. The number of carbonyl (C=O) groups is 2. The second kappa shape index (κ2) is 3.90. The minimum absolute atomic E-state index is 0.0992. The summed E-state index contributed by atoms with van der Waals surface area (Å²) in [6.07, 6.45) is 0. The molecule has 1 amide bonds. The number of carboxylic acids is 1. The van der Waals surface area contributed by atoms with E-state index in [1.807, 2.05) is 0 Å². The van der Waals surface area contributed by atoms with Gasteiger partial charge in [-0.25, -0.2) is 0 Å². The zero-order valence-electron chi connectivity index (χ0n) is 9.15. The second-order valence-corrected chi connectivity index (χ2v) is 6.26. The summed E-state index contributed by atoms with van der Waals surface area (Å²) in [7, 11) is 0. The summed E-state index contributed by atoms with van der Waals surface area (Å²) >= 11 is 2.60. The van der Waals surface area contributed by atoms with Gasteiger partial charge in [0.1, 0.15) is 27.3 Å². The first kappa shape index (κ1) is 11.9. The molecule has 18 heavy (non-hydrogen) atoms. The predicted octanol–water partition coefficient (Wildman–Crippen LogP) is -0.897. The normalized spacial score (nSPS) is 34.9. The molecule has 2 aliphatic rings. The molecule has 2 saturated heterocycles. The quantitative estimate of drug-likeness (QED) is 0.678. The van der Waals surface area contributed by atoms with Gasteiger partial charge in [-0.1, -0.05) is 0 Å². The van der Waals surface area contributed by atoms with Gasteiger partial charge in [0, 0.05) is 12.3 Å². The highest BCUT2D eigenvalue weighted by Gasteiger charge is 2.57. The molecule has 2 fully saturated rings. The lowest BCUT2D eigenvalue weighted by Crippen LogP contribution is -2.72. The maximum atomic E-state index is 11.6. The number of rotatable bonds is 2. The molecular formula is C9H10N4O3S2. The van der Waals surface area contributed by atoms with Gasteiger partial charge < -0.3 is 15.7 Å². The van der Waals surface area contributed by atoms with Crippen LogP contribution in [0.4, 0.5) is 0 Å². The highest BCUT2D eigenvalue weighted by atomic mass is 32.2. The molecule has 3 N–H and O–H groups in total. The number of fused-ring (bicyclic) bond motifs is 1. The number of nitrogens with two attached hydrogens (primary N) is 1. The van der Waals surface area contributed by atoms with Crippen molar-refractivity contribution in [2.75, 3.05) is 12.3 Å². The van der Waals surface area contributed by atoms with Crippen molar-refractivity contribution in [3.63, 3.8) is 0 Å². The van der Waals surface area contributed by atoms with E-state index in [4.69, 9.17) is 5.73 Å². The Morgan fingerprint density at radius 3 is 3.06 bits per heavy atom. The number of aliphatic carboxylic acids is 1. The van der Waals surface area contributed by atoms with Gasteiger partial charge >= 0.3 is 5.97 Å². The van der Waals surface area contributed by atoms with Gasteiger partial charge in [0.15, 0.2) is 0 Å². The molecule has 0 spiro atoms. The Bertz CT molecular complexity index is 508. The fraction of sp³-hybridized carbons (Fsp3) is 0.556. The average Bonchev–Trinajstić information content (AvgIpc) is 2.91. The Kier molecular flexibility index (Phi) is 2.57. The van der Waals surface area contributed by atoms with Crippen LogP contribution >= 0.6 is 23.1 Å². The molecule has 1 aromatic heterocycles. The van der Waals surface area contributed by atoms with Gasteiger partial charge in [0.2, 0.25) is 5.91 Å². The van der Waals surface area contributed by atoms with Crippen molar-refractivity contribution in [1.82, 2.24) is 15.1 Å². The van der Waals surface area contributed by atoms with Crippen LogP contribution in [0, 0.1) is 0 Å². The Balaban J connectivity index is 1.94. The van der Waals surface area contributed by atoms with Gasteiger partial charge in [0.05, 0.1) is 0 Å². The van der Waals surface area contributed by atoms with E-state index in [0.717, 1.165) is 0 Å². The molecule has 1 aromatic rings. The van der Waals surface area contributed by atoms with Crippen LogP contribution in [0.15, 0.2) is 5.51 Å². The third-order valence-electron chi connectivity index (χ3n) is 3.30. The molecular weight excluding hydrogens is 276 g/mol. The molecule has 9 heteroatoms. The van der Waals surface area contributed by atoms with Crippen molar-refractivity contribution in [2.24, 2.45) is 5.73 Å². The molecule has 2 unspecified atom stereocenters. The Labute approximate surface area is 110 Å². The van der Waals surface area contributed by atoms with Crippen molar-refractivity contribution in [2.45, 2.75) is 16.8 Å². The van der Waals surface area contributed by atoms with Crippen LogP contribution in [0.5, 0.6) is 0 Å². The number of amides is 1. The summed E-state index contributed by atoms with van der Waals surface area (Å²) in [6, 6.07) is -0.504. The highest BCUT2D eigenvalue weighted by Crippen LogP contribution is 2.43. The number of hydrogen-bond acceptors (Lipinski definition) is 7. The number of thioether (sulfide) groups is 1. The first-order chi connectivity index (χ1) is 8.56. The van der Waals surface area contributed by atoms with E-state index in [-0.39, 0.29) is 17.8 Å². The summed E-state index contributed by atoms with van der Waals surface area (Å²) in [6.45, 7) is 0.127. The van der Waals surface area contributed by atoms with Crippen LogP contribution in [0.2, 0.25) is 0 Å². The third kappa shape index (κ3) is 1.41. The molecule has 0 radical (unpaired) electrons. The average molecular weight is 286 g/mol. The van der Waals surface area contributed by atoms with Gasteiger partial charge in [0.25, 0.3) is 0 Å². The fourth-order valence-electron chi connectivity index (χ4n) is 2.21. The molecule has 3 rings (SSSR count). The van der Waals surface area contributed by atoms with Crippen molar-refractivity contribution >= 4 is 35.0 Å². The summed E-state index contributed by atoms with van der Waals surface area (Å²) in [4.78, 5) is 24.8. The van der Waals surface area contributed by atoms with E-state index in [2.05, 4.69) is 10.2 Å². The van der Waals surface area contributed by atoms with Crippen LogP contribution in [-0.4, -0.2) is 55.8 Å². The van der Waals surface area contributed by atoms with Crippen LogP contribution in [0.3, 0.4) is 0 Å². The summed E-state index contributed by atoms with van der Waals surface area (Å²) in [5.74, 6) is -0.805. The van der Waals surface area contributed by atoms with Crippen molar-refractivity contribution < 1.29 is 14.7 Å². The SMILES string of the molecule is NC1C(=O)N2CC(C(=O)O)(c3nncs3)CS[C@H]12. The molecule has 0 aromatic carbocycles. The van der Waals surface area contributed by atoms with Crippen molar-refractivity contribution in [3.8, 4) is 0 Å². The summed E-state index contributed by atoms with van der Waals surface area (Å²) in [5.41, 5.74) is 6.02. The van der Waals surface area contributed by atoms with Gasteiger partial charge in [-0.2, -0.15) is 0 Å². The Morgan fingerprint density at radius 1 is 1.67 bits per heavy atom. The minimum atomic E-state index is -1.15. The van der Waals surface area contributed by atoms with Crippen molar-refractivity contribution in [3.05, 3.63) is 10.5 Å². The first-order valence-electron chi connectivity index (χ1n) is 5.24. The maximum Gasteiger partial charge on any atom is 0.319 e. The number of nitrogens with zero attached hydrogens (tertiary/aromatic N) is 3. The highest BCUT2D eigenvalue weighted by molar-refractivity contribution is 8.00. The number of carboxylic acid groups (broad SMARTS) is 1. The van der Waals surface area contributed by atoms with E-state index in [0.29, 0.717) is 10.8 Å². The van der Waals surface area contributed by atoms with Gasteiger partial charge in [-0.3, -0.25) is 9.59 Å². The van der Waals surface area contributed by atoms with E-state index in [1.165, 1.54) is 33.5 Å². The first-order valence-corrected chi connectivity index (χ1v) is 7.17. The molecule has 0 saturated carbocycles. The molecule has 0 bridgehead atoms. The van der Waals surface area contributed by atoms with Crippen LogP contribution < -0.4 is 5.73 Å². The number of aromatic nitrogens is 2. The lowest BCUT2D eigenvalue weighted by Gasteiger charge is -2.52. The summed E-state index contributed by atoms with van der Waals surface area (Å²) in [5, 5.41) is 17.4. The Hall–Kier alpha value is -1.19. The number of carbonyl (C=O) groups excluding carboxylic acids is 1. The van der Waals surface area contributed by atoms with Gasteiger partial charge in [-0.15, -0.1) is 33.3 Å². The van der Waals surface area contributed by atoms with E-state index in [9.17, 15) is 14.7 Å². The number of β-lactam (4-membered cyclic amide) rings is 1. The lowest BCUT2D eigenvalue weighted by atomic mass is 9.88. The van der Waals surface area contributed by atoms with Crippen LogP contribution in [0.25, 0.3) is 0 Å². The smallest absolute Gasteiger partial charge is 0.319 e. The van der Waals surface area contributed by atoms with Crippen molar-refractivity contribution in [1.29, 1.82) is 0 Å². The lowest BCUT2D eigenvalue weighted by molar-refractivity contribution is -0.152. The zero-order chi connectivity index (χ0) is 12.9. The molecule has 7 nitrogen and oxygen atoms in total. The molecule has 3 heterocycles. The topological polar surface area (TPSA) is 109 Å². The van der Waals surface area contributed by atoms with Gasteiger partial charge in [-0.05, 0) is 0 Å². The largest absolute Gasteiger partial charge is 0.480 e. The predicted molar refractivity (Wildman–Crippen MR) is 65.2 cm³/mol. The second-order valence-electron chi connectivity index (χ2n) is 4.32. The van der Waals surface area contributed by atoms with E-state index in [1.54, 1.807) is 0 Å². The molecule has 2 aliphatic heterocycles. The molecule has 96 valence electrons. The molecule has 3 atom stereocenters. The van der Waals surface area contributed by atoms with Crippen LogP contribution in [0.1, 0.15) is 5.01 Å². The zero-order valence-corrected chi connectivity index (χ0v) is 10.8. The third-order valence-corrected chi connectivity index (χ3v) is 5.75.